The summed E-state index contributed by atoms with van der Waals surface area (Å²) in [5.74, 6) is -5.60. The summed E-state index contributed by atoms with van der Waals surface area (Å²) in [6.07, 6.45) is -8.30. The minimum absolute atomic E-state index is 0.0222. The second kappa shape index (κ2) is 11.5. The monoisotopic (exact) mass is 614 g/mol. The van der Waals surface area contributed by atoms with Crippen LogP contribution in [0.15, 0.2) is 51.7 Å². The SMILES string of the molecule is COc1c(-c2ccc(O)c(O)c2)oc2cc([C@@H]3O[C@H](COC(=O)c4cc(O)c(O)c(O)c4)[C@@H](O)[C@H](O)[C@H]3O)cc(O)c2c1=O. The molecule has 15 heteroatoms. The number of methoxy groups -OCH3 is 1. The summed E-state index contributed by atoms with van der Waals surface area (Å²) in [6.45, 7) is -0.691. The molecule has 5 rings (SSSR count). The Morgan fingerprint density at radius 2 is 1.50 bits per heavy atom. The topological polar surface area (TPSA) is 257 Å². The van der Waals surface area contributed by atoms with Gasteiger partial charge in [0.1, 0.15) is 53.8 Å². The first-order chi connectivity index (χ1) is 20.8. The molecule has 9 N–H and O–H groups in total. The number of carbonyl (C=O) groups is 1. The van der Waals surface area contributed by atoms with E-state index in [4.69, 9.17) is 18.6 Å². The van der Waals surface area contributed by atoms with Crippen molar-refractivity contribution in [2.75, 3.05) is 13.7 Å². The molecule has 0 spiro atoms. The van der Waals surface area contributed by atoms with Crippen molar-refractivity contribution in [3.05, 3.63) is 63.8 Å². The second-order valence-corrected chi connectivity index (χ2v) is 9.94. The van der Waals surface area contributed by atoms with Gasteiger partial charge in [0.25, 0.3) is 0 Å². The highest BCUT2D eigenvalue weighted by atomic mass is 16.6. The van der Waals surface area contributed by atoms with Crippen molar-refractivity contribution in [2.45, 2.75) is 30.5 Å². The molecule has 0 bridgehead atoms. The van der Waals surface area contributed by atoms with Crippen LogP contribution in [0.25, 0.3) is 22.3 Å². The van der Waals surface area contributed by atoms with Crippen LogP contribution in [0.4, 0.5) is 0 Å². The first-order valence-electron chi connectivity index (χ1n) is 12.8. The molecular weight excluding hydrogens is 588 g/mol. The molecule has 2 heterocycles. The molecule has 232 valence electrons. The van der Waals surface area contributed by atoms with Crippen molar-refractivity contribution in [1.82, 2.24) is 0 Å². The van der Waals surface area contributed by atoms with Crippen molar-refractivity contribution in [3.8, 4) is 51.6 Å². The highest BCUT2D eigenvalue weighted by molar-refractivity contribution is 5.91. The van der Waals surface area contributed by atoms with Gasteiger partial charge in [0.2, 0.25) is 11.2 Å². The van der Waals surface area contributed by atoms with Gasteiger partial charge in [0.15, 0.2) is 34.5 Å². The number of hydrogen-bond donors (Lipinski definition) is 9. The molecule has 1 fully saturated rings. The van der Waals surface area contributed by atoms with Crippen LogP contribution in [-0.2, 0) is 9.47 Å². The molecule has 44 heavy (non-hydrogen) atoms. The largest absolute Gasteiger partial charge is 0.507 e. The lowest BCUT2D eigenvalue weighted by Gasteiger charge is -2.40. The molecule has 1 saturated heterocycles. The Balaban J connectivity index is 1.48. The van der Waals surface area contributed by atoms with Crippen LogP contribution in [0.3, 0.4) is 0 Å². The Labute approximate surface area is 246 Å². The summed E-state index contributed by atoms with van der Waals surface area (Å²) in [4.78, 5) is 25.7. The number of esters is 1. The maximum Gasteiger partial charge on any atom is 0.338 e. The van der Waals surface area contributed by atoms with Crippen molar-refractivity contribution in [1.29, 1.82) is 0 Å². The number of rotatable bonds is 6. The summed E-state index contributed by atoms with van der Waals surface area (Å²) < 4.78 is 21.9. The molecule has 15 nitrogen and oxygen atoms in total. The average Bonchev–Trinajstić information content (AvgIpc) is 2.98. The van der Waals surface area contributed by atoms with Crippen molar-refractivity contribution in [3.63, 3.8) is 0 Å². The predicted octanol–water partition coefficient (Wildman–Crippen LogP) is 1.08. The van der Waals surface area contributed by atoms with Gasteiger partial charge in [-0.25, -0.2) is 4.79 Å². The van der Waals surface area contributed by atoms with Gasteiger partial charge in [0.05, 0.1) is 12.7 Å². The lowest BCUT2D eigenvalue weighted by molar-refractivity contribution is -0.231. The maximum absolute atomic E-state index is 13.2. The summed E-state index contributed by atoms with van der Waals surface area (Å²) in [6, 6.07) is 7.54. The fourth-order valence-electron chi connectivity index (χ4n) is 4.83. The number of aliphatic hydroxyl groups excluding tert-OH is 3. The summed E-state index contributed by atoms with van der Waals surface area (Å²) in [5, 5.41) is 90.7. The number of benzene rings is 3. The number of hydrogen-bond acceptors (Lipinski definition) is 15. The van der Waals surface area contributed by atoms with Gasteiger partial charge in [0, 0.05) is 5.56 Å². The number of aliphatic hydroxyl groups is 3. The van der Waals surface area contributed by atoms with Gasteiger partial charge in [-0.1, -0.05) is 0 Å². The highest BCUT2D eigenvalue weighted by Gasteiger charge is 2.45. The van der Waals surface area contributed by atoms with Crippen molar-refractivity contribution >= 4 is 16.9 Å². The van der Waals surface area contributed by atoms with Gasteiger partial charge < -0.3 is 64.6 Å². The van der Waals surface area contributed by atoms with E-state index in [0.717, 1.165) is 30.3 Å². The lowest BCUT2D eigenvalue weighted by atomic mass is 9.90. The van der Waals surface area contributed by atoms with E-state index >= 15 is 0 Å². The van der Waals surface area contributed by atoms with Gasteiger partial charge in [-0.2, -0.15) is 0 Å². The van der Waals surface area contributed by atoms with Crippen LogP contribution in [-0.4, -0.2) is 90.1 Å². The third kappa shape index (κ3) is 5.24. The van der Waals surface area contributed by atoms with E-state index in [0.29, 0.717) is 0 Å². The van der Waals surface area contributed by atoms with Crippen molar-refractivity contribution in [2.24, 2.45) is 0 Å². The quantitative estimate of drug-likeness (QED) is 0.109. The summed E-state index contributed by atoms with van der Waals surface area (Å²) in [5.41, 5.74) is -1.27. The van der Waals surface area contributed by atoms with Crippen LogP contribution in [0.2, 0.25) is 0 Å². The average molecular weight is 615 g/mol. The van der Waals surface area contributed by atoms with Gasteiger partial charge in [-0.3, -0.25) is 4.79 Å². The molecule has 0 radical (unpaired) electrons. The van der Waals surface area contributed by atoms with Crippen LogP contribution in [0.1, 0.15) is 22.0 Å². The Morgan fingerprint density at radius 3 is 2.14 bits per heavy atom. The Kier molecular flexibility index (Phi) is 7.88. The smallest absolute Gasteiger partial charge is 0.338 e. The molecule has 0 saturated carbocycles. The standard InChI is InChI=1S/C29H26O15/c1-41-28-23(37)20-15(32)5-11(8-18(20)43-27(28)10-2-3-13(30)14(31)4-10)26-25(39)24(38)22(36)19(44-26)9-42-29(40)12-6-16(33)21(35)17(34)7-12/h2-8,19,22,24-26,30-36,38-39H,9H2,1H3/t19-,22-,24+,25-,26+/m1/s1. The molecule has 5 atom stereocenters. The van der Waals surface area contributed by atoms with Crippen molar-refractivity contribution < 1.29 is 69.4 Å². The van der Waals surface area contributed by atoms with E-state index in [2.05, 4.69) is 0 Å². The molecule has 1 aliphatic rings. The summed E-state index contributed by atoms with van der Waals surface area (Å²) in [7, 11) is 1.19. The Hall–Kier alpha value is -5.22. The predicted molar refractivity (Wildman–Crippen MR) is 147 cm³/mol. The zero-order chi connectivity index (χ0) is 32.0. The second-order valence-electron chi connectivity index (χ2n) is 9.94. The minimum Gasteiger partial charge on any atom is -0.507 e. The van der Waals surface area contributed by atoms with E-state index in [1.54, 1.807) is 0 Å². The van der Waals surface area contributed by atoms with E-state index in [-0.39, 0.29) is 39.2 Å². The van der Waals surface area contributed by atoms with E-state index in [1.165, 1.54) is 19.2 Å². The van der Waals surface area contributed by atoms with Gasteiger partial charge >= 0.3 is 5.97 Å². The Bertz CT molecular complexity index is 1790. The van der Waals surface area contributed by atoms with Gasteiger partial charge in [-0.05, 0) is 48.0 Å². The first-order valence-corrected chi connectivity index (χ1v) is 12.8. The highest BCUT2D eigenvalue weighted by Crippen LogP contribution is 2.41. The number of ether oxygens (including phenoxy) is 3. The van der Waals surface area contributed by atoms with E-state index in [1.807, 2.05) is 0 Å². The lowest BCUT2D eigenvalue weighted by Crippen LogP contribution is -2.55. The number of aromatic hydroxyl groups is 6. The van der Waals surface area contributed by atoms with E-state index < -0.39 is 83.0 Å². The van der Waals surface area contributed by atoms with Crippen LogP contribution >= 0.6 is 0 Å². The third-order valence-corrected chi connectivity index (χ3v) is 7.12. The third-order valence-electron chi connectivity index (χ3n) is 7.12. The van der Waals surface area contributed by atoms with Gasteiger partial charge in [-0.15, -0.1) is 0 Å². The van der Waals surface area contributed by atoms with Crippen LogP contribution < -0.4 is 10.2 Å². The van der Waals surface area contributed by atoms with Crippen LogP contribution in [0, 0.1) is 0 Å². The fourth-order valence-corrected chi connectivity index (χ4v) is 4.83. The maximum atomic E-state index is 13.2. The molecule has 0 amide bonds. The Morgan fingerprint density at radius 1 is 0.818 bits per heavy atom. The number of fused-ring (bicyclic) bond motifs is 1. The molecule has 0 aliphatic carbocycles. The zero-order valence-electron chi connectivity index (χ0n) is 22.6. The molecule has 1 aromatic heterocycles. The summed E-state index contributed by atoms with van der Waals surface area (Å²) >= 11 is 0. The fraction of sp³-hybridized carbons (Fsp3) is 0.241. The normalized spacial score (nSPS) is 21.7. The minimum atomic E-state index is -1.84. The molecular formula is C29H26O15. The van der Waals surface area contributed by atoms with E-state index in [9.17, 15) is 55.5 Å². The molecule has 1 aliphatic heterocycles. The molecule has 4 aromatic rings. The first kappa shape index (κ1) is 30.2. The zero-order valence-corrected chi connectivity index (χ0v) is 22.6. The number of phenolic OH excluding ortho intramolecular Hbond substituents is 6. The van der Waals surface area contributed by atoms with Crippen LogP contribution in [0.5, 0.6) is 40.2 Å². The number of phenols is 6. The molecule has 3 aromatic carbocycles. The molecule has 0 unspecified atom stereocenters. The number of carbonyl (C=O) groups excluding carboxylic acids is 1.